The average Bonchev–Trinajstić information content (AvgIpc) is 2.54. The lowest BCUT2D eigenvalue weighted by molar-refractivity contribution is -0.386. The van der Waals surface area contributed by atoms with Gasteiger partial charge < -0.3 is 9.64 Å². The highest BCUT2D eigenvalue weighted by molar-refractivity contribution is 7.86. The molecule has 23 heavy (non-hydrogen) atoms. The smallest absolute Gasteiger partial charge is 0.328 e. The zero-order valence-electron chi connectivity index (χ0n) is 13.5. The number of halogens is 1. The molecular formula is C15H21FN2O4S. The van der Waals surface area contributed by atoms with E-state index in [0.29, 0.717) is 31.7 Å². The van der Waals surface area contributed by atoms with Crippen molar-refractivity contribution >= 4 is 22.2 Å². The molecule has 1 saturated heterocycles. The van der Waals surface area contributed by atoms with E-state index < -0.39 is 32.0 Å². The number of rotatable bonds is 5. The molecule has 1 atom stereocenters. The zero-order valence-corrected chi connectivity index (χ0v) is 14.3. The Morgan fingerprint density at radius 2 is 2.09 bits per heavy atom. The van der Waals surface area contributed by atoms with Gasteiger partial charge >= 0.3 is 5.69 Å². The Morgan fingerprint density at radius 1 is 1.43 bits per heavy atom. The Bertz CT molecular complexity index is 634. The summed E-state index contributed by atoms with van der Waals surface area (Å²) in [6.07, 6.45) is 1.40. The molecule has 1 unspecified atom stereocenters. The van der Waals surface area contributed by atoms with Crippen LogP contribution in [-0.2, 0) is 10.8 Å². The van der Waals surface area contributed by atoms with E-state index in [1.54, 1.807) is 4.90 Å². The molecular weight excluding hydrogens is 323 g/mol. The lowest BCUT2D eigenvalue weighted by atomic mass is 10.0. The molecule has 0 amide bonds. The molecule has 0 N–H and O–H groups in total. The Kier molecular flexibility index (Phi) is 5.23. The molecule has 1 aromatic rings. The van der Waals surface area contributed by atoms with Crippen molar-refractivity contribution in [2.45, 2.75) is 31.4 Å². The van der Waals surface area contributed by atoms with Gasteiger partial charge in [-0.2, -0.15) is 4.39 Å². The molecule has 0 spiro atoms. The summed E-state index contributed by atoms with van der Waals surface area (Å²) < 4.78 is 31.2. The van der Waals surface area contributed by atoms with E-state index in [4.69, 9.17) is 4.74 Å². The normalized spacial score (nSPS) is 20.3. The number of benzene rings is 1. The Balaban J connectivity index is 2.50. The third kappa shape index (κ3) is 3.17. The minimum absolute atomic E-state index is 0.190. The van der Waals surface area contributed by atoms with Crippen LogP contribution in [0.3, 0.4) is 0 Å². The fourth-order valence-electron chi connectivity index (χ4n) is 3.01. The number of ether oxygens (including phenoxy) is 1. The summed E-state index contributed by atoms with van der Waals surface area (Å²) in [5.41, 5.74) is -0.366. The second-order valence-corrected chi connectivity index (χ2v) is 7.56. The summed E-state index contributed by atoms with van der Waals surface area (Å²) in [5.74, 6) is -0.277. The number of methoxy groups -OCH3 is 1. The molecule has 2 rings (SSSR count). The van der Waals surface area contributed by atoms with Gasteiger partial charge in [-0.3, -0.25) is 14.3 Å². The molecule has 0 aromatic heterocycles. The molecule has 1 aromatic carbocycles. The predicted octanol–water partition coefficient (Wildman–Crippen LogP) is 2.87. The van der Waals surface area contributed by atoms with Crippen LogP contribution in [0.4, 0.5) is 15.8 Å². The van der Waals surface area contributed by atoms with Crippen LogP contribution in [0.1, 0.15) is 26.7 Å². The topological polar surface area (TPSA) is 72.7 Å². The Labute approximate surface area is 137 Å². The average molecular weight is 344 g/mol. The zero-order chi connectivity index (χ0) is 17.2. The van der Waals surface area contributed by atoms with Gasteiger partial charge in [-0.25, -0.2) is 0 Å². The van der Waals surface area contributed by atoms with Gasteiger partial charge in [0.1, 0.15) is 11.4 Å². The number of hydrogen-bond donors (Lipinski definition) is 0. The number of nitro groups is 1. The number of nitrogens with zero attached hydrogens (tertiary/aromatic N) is 2. The van der Waals surface area contributed by atoms with Gasteiger partial charge in [-0.1, -0.05) is 13.8 Å². The summed E-state index contributed by atoms with van der Waals surface area (Å²) >= 11 is 0. The maximum atomic E-state index is 14.1. The van der Waals surface area contributed by atoms with Crippen LogP contribution in [0.25, 0.3) is 0 Å². The van der Waals surface area contributed by atoms with E-state index in [1.807, 2.05) is 13.8 Å². The first-order valence-electron chi connectivity index (χ1n) is 7.54. The van der Waals surface area contributed by atoms with Crippen molar-refractivity contribution in [3.63, 3.8) is 0 Å². The molecule has 1 aliphatic rings. The van der Waals surface area contributed by atoms with Gasteiger partial charge in [0.2, 0.25) is 5.82 Å². The van der Waals surface area contributed by atoms with Crippen LogP contribution in [-0.4, -0.2) is 39.8 Å². The van der Waals surface area contributed by atoms with Crippen LogP contribution in [0, 0.1) is 15.9 Å². The summed E-state index contributed by atoms with van der Waals surface area (Å²) in [7, 11) is 0.389. The highest BCUT2D eigenvalue weighted by atomic mass is 32.2. The van der Waals surface area contributed by atoms with Crippen molar-refractivity contribution in [2.24, 2.45) is 0 Å². The van der Waals surface area contributed by atoms with Crippen LogP contribution in [0.15, 0.2) is 12.1 Å². The van der Waals surface area contributed by atoms with E-state index in [-0.39, 0.29) is 11.4 Å². The lowest BCUT2D eigenvalue weighted by Crippen LogP contribution is -2.53. The van der Waals surface area contributed by atoms with E-state index in [0.717, 1.165) is 6.07 Å². The van der Waals surface area contributed by atoms with Crippen molar-refractivity contribution in [3.05, 3.63) is 28.1 Å². The molecule has 6 nitrogen and oxygen atoms in total. The van der Waals surface area contributed by atoms with Crippen molar-refractivity contribution in [1.29, 1.82) is 0 Å². The van der Waals surface area contributed by atoms with Crippen molar-refractivity contribution < 1.29 is 18.3 Å². The van der Waals surface area contributed by atoms with Gasteiger partial charge in [-0.05, 0) is 12.8 Å². The molecule has 1 aliphatic heterocycles. The second kappa shape index (κ2) is 6.82. The van der Waals surface area contributed by atoms with Crippen LogP contribution < -0.4 is 9.64 Å². The minimum atomic E-state index is -0.997. The van der Waals surface area contributed by atoms with E-state index in [2.05, 4.69) is 0 Å². The Morgan fingerprint density at radius 3 is 2.61 bits per heavy atom. The van der Waals surface area contributed by atoms with Gasteiger partial charge in [0, 0.05) is 41.8 Å². The lowest BCUT2D eigenvalue weighted by Gasteiger charge is -2.42. The maximum absolute atomic E-state index is 14.1. The molecule has 1 fully saturated rings. The third-order valence-electron chi connectivity index (χ3n) is 4.57. The SMILES string of the molecule is CCC1(CC)CN(c2cc(OC)cc(F)c2[N+](=O)[O-])CCS1=O. The van der Waals surface area contributed by atoms with Crippen molar-refractivity contribution in [1.82, 2.24) is 0 Å². The maximum Gasteiger partial charge on any atom is 0.328 e. The fourth-order valence-corrected chi connectivity index (χ4v) is 4.77. The largest absolute Gasteiger partial charge is 0.497 e. The molecule has 0 aliphatic carbocycles. The van der Waals surface area contributed by atoms with E-state index in [1.165, 1.54) is 13.2 Å². The van der Waals surface area contributed by atoms with Crippen molar-refractivity contribution in [3.8, 4) is 5.75 Å². The van der Waals surface area contributed by atoms with Crippen LogP contribution in [0.5, 0.6) is 5.75 Å². The monoisotopic (exact) mass is 344 g/mol. The van der Waals surface area contributed by atoms with Gasteiger partial charge in [0.05, 0.1) is 16.8 Å². The van der Waals surface area contributed by atoms with Gasteiger partial charge in [0.15, 0.2) is 0 Å². The number of nitro benzene ring substituents is 1. The van der Waals surface area contributed by atoms with Crippen molar-refractivity contribution in [2.75, 3.05) is 30.9 Å². The third-order valence-corrected chi connectivity index (χ3v) is 6.80. The number of anilines is 1. The molecule has 0 radical (unpaired) electrons. The van der Waals surface area contributed by atoms with Gasteiger partial charge in [-0.15, -0.1) is 0 Å². The second-order valence-electron chi connectivity index (χ2n) is 5.60. The Hall–Kier alpha value is -1.70. The molecule has 8 heteroatoms. The molecule has 0 saturated carbocycles. The van der Waals surface area contributed by atoms with E-state index >= 15 is 0 Å². The highest BCUT2D eigenvalue weighted by Gasteiger charge is 2.41. The fraction of sp³-hybridized carbons (Fsp3) is 0.600. The van der Waals surface area contributed by atoms with Gasteiger partial charge in [0.25, 0.3) is 0 Å². The first kappa shape index (κ1) is 17.7. The first-order valence-corrected chi connectivity index (χ1v) is 8.85. The summed E-state index contributed by atoms with van der Waals surface area (Å²) in [6.45, 7) is 4.72. The molecule has 1 heterocycles. The van der Waals surface area contributed by atoms with Crippen LogP contribution >= 0.6 is 0 Å². The highest BCUT2D eigenvalue weighted by Crippen LogP contribution is 2.39. The first-order chi connectivity index (χ1) is 10.9. The number of hydrogen-bond acceptors (Lipinski definition) is 5. The molecule has 0 bridgehead atoms. The summed E-state index contributed by atoms with van der Waals surface area (Å²) in [6, 6.07) is 2.49. The quantitative estimate of drug-likeness (QED) is 0.607. The summed E-state index contributed by atoms with van der Waals surface area (Å²) in [4.78, 5) is 12.3. The molecule has 128 valence electrons. The predicted molar refractivity (Wildman–Crippen MR) is 88.1 cm³/mol. The summed E-state index contributed by atoms with van der Waals surface area (Å²) in [5, 5.41) is 11.3. The van der Waals surface area contributed by atoms with E-state index in [9.17, 15) is 18.7 Å². The standard InChI is InChI=1S/C15H21FN2O4S/c1-4-15(5-2)10-17(6-7-23(15)21)13-9-11(22-3)8-12(16)14(13)18(19)20/h8-9H,4-7,10H2,1-3H3. The van der Waals surface area contributed by atoms with Crippen LogP contribution in [0.2, 0.25) is 0 Å². The minimum Gasteiger partial charge on any atom is -0.497 e.